The van der Waals surface area contributed by atoms with Crippen molar-refractivity contribution in [3.63, 3.8) is 0 Å². The summed E-state index contributed by atoms with van der Waals surface area (Å²) in [4.78, 5) is 11.7. The van der Waals surface area contributed by atoms with Gasteiger partial charge in [-0.15, -0.1) is 0 Å². The third-order valence-corrected chi connectivity index (χ3v) is 5.29. The molecule has 1 amide bonds. The molecule has 2 aromatic carbocycles. The maximum atomic E-state index is 12.4. The summed E-state index contributed by atoms with van der Waals surface area (Å²) in [5.41, 5.74) is 6.73. The first-order chi connectivity index (χ1) is 12.7. The van der Waals surface area contributed by atoms with Crippen LogP contribution in [0.5, 0.6) is 11.5 Å². The number of nitrogens with one attached hydrogen (secondary N) is 1. The Labute approximate surface area is 159 Å². The second-order valence-electron chi connectivity index (χ2n) is 6.26. The molecule has 0 saturated heterocycles. The molecular formula is C19H25N3O4S. The minimum absolute atomic E-state index is 0.0693. The molecule has 2 rings (SSSR count). The summed E-state index contributed by atoms with van der Waals surface area (Å²) in [6, 6.07) is 8.77. The van der Waals surface area contributed by atoms with Crippen LogP contribution in [0.2, 0.25) is 0 Å². The highest BCUT2D eigenvalue weighted by Crippen LogP contribution is 2.42. The van der Waals surface area contributed by atoms with Crippen molar-refractivity contribution in [3.8, 4) is 11.5 Å². The van der Waals surface area contributed by atoms with E-state index in [1.807, 2.05) is 13.0 Å². The number of ether oxygens (including phenoxy) is 1. The predicted molar refractivity (Wildman–Crippen MR) is 106 cm³/mol. The lowest BCUT2D eigenvalue weighted by molar-refractivity contribution is 0.0999. The summed E-state index contributed by atoms with van der Waals surface area (Å²) < 4.78 is 30.6. The molecule has 0 radical (unpaired) electrons. The molecule has 0 unspecified atom stereocenters. The van der Waals surface area contributed by atoms with E-state index >= 15 is 0 Å². The smallest absolute Gasteiger partial charge is 0.249 e. The molecule has 0 bridgehead atoms. The summed E-state index contributed by atoms with van der Waals surface area (Å²) in [5.74, 6) is -0.203. The van der Waals surface area contributed by atoms with E-state index in [1.165, 1.54) is 6.92 Å². The third-order valence-electron chi connectivity index (χ3n) is 4.23. The second-order valence-corrected chi connectivity index (χ2v) is 7.76. The number of rotatable bonds is 8. The van der Waals surface area contributed by atoms with E-state index in [1.54, 1.807) is 31.2 Å². The highest BCUT2D eigenvalue weighted by Gasteiger charge is 2.29. The van der Waals surface area contributed by atoms with Gasteiger partial charge in [-0.2, -0.15) is 0 Å². The number of carbonyl (C=O) groups excluding carboxylic acids is 1. The number of primary sulfonamides is 1. The Morgan fingerprint density at radius 1 is 1.15 bits per heavy atom. The van der Waals surface area contributed by atoms with Crippen LogP contribution in [-0.4, -0.2) is 20.9 Å². The molecule has 0 aliphatic heterocycles. The molecule has 146 valence electrons. The lowest BCUT2D eigenvalue weighted by Crippen LogP contribution is -2.22. The number of primary amides is 1. The van der Waals surface area contributed by atoms with Gasteiger partial charge in [0.2, 0.25) is 15.9 Å². The van der Waals surface area contributed by atoms with E-state index in [-0.39, 0.29) is 21.8 Å². The standard InChI is InChI=1S/C19H25N3O4S/c1-4-5-11-22-16-12(2)15(19(20)23)13(3)18(27(21,24)25)17(16)26-14-9-7-6-8-10-14/h6-10,22H,4-5,11H2,1-3H3,(H2,20,23)(H2,21,24,25). The van der Waals surface area contributed by atoms with Gasteiger partial charge in [-0.1, -0.05) is 31.5 Å². The van der Waals surface area contributed by atoms with Crippen molar-refractivity contribution in [2.75, 3.05) is 11.9 Å². The Kier molecular flexibility index (Phi) is 6.45. The van der Waals surface area contributed by atoms with Gasteiger partial charge < -0.3 is 15.8 Å². The van der Waals surface area contributed by atoms with Gasteiger partial charge in [-0.05, 0) is 43.5 Å². The summed E-state index contributed by atoms with van der Waals surface area (Å²) in [5, 5.41) is 8.65. The number of hydrogen-bond donors (Lipinski definition) is 3. The van der Waals surface area contributed by atoms with Crippen molar-refractivity contribution in [2.45, 2.75) is 38.5 Å². The van der Waals surface area contributed by atoms with Crippen LogP contribution >= 0.6 is 0 Å². The van der Waals surface area contributed by atoms with Crippen molar-refractivity contribution in [2.24, 2.45) is 10.9 Å². The fourth-order valence-corrected chi connectivity index (χ4v) is 3.92. The number of hydrogen-bond acceptors (Lipinski definition) is 5. The maximum absolute atomic E-state index is 12.4. The van der Waals surface area contributed by atoms with Crippen molar-refractivity contribution in [3.05, 3.63) is 47.0 Å². The Morgan fingerprint density at radius 2 is 1.78 bits per heavy atom. The topological polar surface area (TPSA) is 125 Å². The van der Waals surface area contributed by atoms with E-state index in [0.29, 0.717) is 23.5 Å². The Hall–Kier alpha value is -2.58. The number of benzene rings is 2. The van der Waals surface area contributed by atoms with E-state index < -0.39 is 15.9 Å². The lowest BCUT2D eigenvalue weighted by Gasteiger charge is -2.22. The van der Waals surface area contributed by atoms with E-state index in [2.05, 4.69) is 5.32 Å². The Morgan fingerprint density at radius 3 is 2.30 bits per heavy atom. The zero-order chi connectivity index (χ0) is 20.2. The van der Waals surface area contributed by atoms with Crippen molar-refractivity contribution >= 4 is 21.6 Å². The molecule has 0 spiro atoms. The van der Waals surface area contributed by atoms with Gasteiger partial charge in [0.1, 0.15) is 10.6 Å². The molecule has 0 atom stereocenters. The first-order valence-corrected chi connectivity index (χ1v) is 10.2. The van der Waals surface area contributed by atoms with Crippen LogP contribution in [-0.2, 0) is 10.0 Å². The van der Waals surface area contributed by atoms with E-state index in [0.717, 1.165) is 12.8 Å². The average Bonchev–Trinajstić information content (AvgIpc) is 2.57. The number of anilines is 1. The van der Waals surface area contributed by atoms with Crippen LogP contribution in [0.4, 0.5) is 5.69 Å². The number of nitrogens with two attached hydrogens (primary N) is 2. The molecule has 7 nitrogen and oxygen atoms in total. The third kappa shape index (κ3) is 4.58. The van der Waals surface area contributed by atoms with Gasteiger partial charge in [-0.3, -0.25) is 4.79 Å². The molecule has 8 heteroatoms. The fourth-order valence-electron chi connectivity index (χ4n) is 2.99. The van der Waals surface area contributed by atoms with Crippen LogP contribution in [0.15, 0.2) is 35.2 Å². The SMILES string of the molecule is CCCCNc1c(C)c(C(N)=O)c(C)c(S(N)(=O)=O)c1Oc1ccccc1. The summed E-state index contributed by atoms with van der Waals surface area (Å²) >= 11 is 0. The van der Waals surface area contributed by atoms with Crippen molar-refractivity contribution < 1.29 is 17.9 Å². The zero-order valence-electron chi connectivity index (χ0n) is 15.7. The number of carbonyl (C=O) groups is 1. The van der Waals surface area contributed by atoms with Gasteiger partial charge in [0.25, 0.3) is 0 Å². The highest BCUT2D eigenvalue weighted by molar-refractivity contribution is 7.89. The molecular weight excluding hydrogens is 366 g/mol. The van der Waals surface area contributed by atoms with Gasteiger partial charge >= 0.3 is 0 Å². The minimum atomic E-state index is -4.18. The first kappa shape index (κ1) is 20.7. The van der Waals surface area contributed by atoms with Crippen molar-refractivity contribution in [1.82, 2.24) is 0 Å². The monoisotopic (exact) mass is 391 g/mol. The molecule has 0 fully saturated rings. The molecule has 0 aliphatic rings. The second kappa shape index (κ2) is 8.41. The van der Waals surface area contributed by atoms with Crippen LogP contribution < -0.4 is 20.9 Å². The van der Waals surface area contributed by atoms with Crippen LogP contribution in [0.25, 0.3) is 0 Å². The van der Waals surface area contributed by atoms with Gasteiger partial charge in [0, 0.05) is 12.1 Å². The minimum Gasteiger partial charge on any atom is -0.454 e. The molecule has 5 N–H and O–H groups in total. The van der Waals surface area contributed by atoms with Gasteiger partial charge in [0.15, 0.2) is 5.75 Å². The average molecular weight is 391 g/mol. The summed E-state index contributed by atoms with van der Waals surface area (Å²) in [6.07, 6.45) is 1.80. The highest BCUT2D eigenvalue weighted by atomic mass is 32.2. The number of amides is 1. The normalized spacial score (nSPS) is 11.3. The molecule has 0 aromatic heterocycles. The van der Waals surface area contributed by atoms with Gasteiger partial charge in [-0.25, -0.2) is 13.6 Å². The number of unbranched alkanes of at least 4 members (excludes halogenated alkanes) is 1. The maximum Gasteiger partial charge on any atom is 0.249 e. The van der Waals surface area contributed by atoms with Crippen LogP contribution in [0, 0.1) is 13.8 Å². The molecule has 0 aliphatic carbocycles. The molecule has 0 saturated carbocycles. The number of para-hydroxylation sites is 1. The van der Waals surface area contributed by atoms with Crippen LogP contribution in [0.1, 0.15) is 41.3 Å². The Balaban J connectivity index is 2.80. The first-order valence-electron chi connectivity index (χ1n) is 8.65. The number of sulfonamides is 1. The summed E-state index contributed by atoms with van der Waals surface area (Å²) in [7, 11) is -4.18. The molecule has 27 heavy (non-hydrogen) atoms. The van der Waals surface area contributed by atoms with E-state index in [9.17, 15) is 13.2 Å². The van der Waals surface area contributed by atoms with Crippen molar-refractivity contribution in [1.29, 1.82) is 0 Å². The van der Waals surface area contributed by atoms with E-state index in [4.69, 9.17) is 15.6 Å². The largest absolute Gasteiger partial charge is 0.454 e. The summed E-state index contributed by atoms with van der Waals surface area (Å²) in [6.45, 7) is 5.82. The molecule has 2 aromatic rings. The quantitative estimate of drug-likeness (QED) is 0.597. The zero-order valence-corrected chi connectivity index (χ0v) is 16.5. The molecule has 0 heterocycles. The van der Waals surface area contributed by atoms with Crippen LogP contribution in [0.3, 0.4) is 0 Å². The van der Waals surface area contributed by atoms with Gasteiger partial charge in [0.05, 0.1) is 5.69 Å². The lowest BCUT2D eigenvalue weighted by atomic mass is 9.99. The fraction of sp³-hybridized carbons (Fsp3) is 0.316. The predicted octanol–water partition coefficient (Wildman–Crippen LogP) is 3.05. The Bertz CT molecular complexity index is 941.